The maximum absolute atomic E-state index is 13.1. The number of fused-ring (bicyclic) bond motifs is 1. The molecule has 0 aliphatic carbocycles. The van der Waals surface area contributed by atoms with Gasteiger partial charge in [0.25, 0.3) is 11.8 Å². The molecule has 0 radical (unpaired) electrons. The second kappa shape index (κ2) is 8.83. The zero-order chi connectivity index (χ0) is 21.8. The summed E-state index contributed by atoms with van der Waals surface area (Å²) in [6.45, 7) is 0.359. The van der Waals surface area contributed by atoms with Crippen molar-refractivity contribution in [1.82, 2.24) is 5.32 Å². The fourth-order valence-electron chi connectivity index (χ4n) is 3.96. The van der Waals surface area contributed by atoms with Gasteiger partial charge in [-0.15, -0.1) is 0 Å². The minimum atomic E-state index is -1.10. The first-order valence-corrected chi connectivity index (χ1v) is 10.1. The molecule has 1 heterocycles. The molecule has 3 aromatic rings. The first kappa shape index (κ1) is 20.3. The zero-order valence-electron chi connectivity index (χ0n) is 16.8. The Bertz CT molecular complexity index is 1100. The van der Waals surface area contributed by atoms with E-state index in [1.165, 1.54) is 0 Å². The average Bonchev–Trinajstić information content (AvgIpc) is 3.17. The van der Waals surface area contributed by atoms with E-state index in [4.69, 9.17) is 0 Å². The van der Waals surface area contributed by atoms with Crippen molar-refractivity contribution in [2.24, 2.45) is 0 Å². The number of anilines is 1. The molecule has 31 heavy (non-hydrogen) atoms. The number of hydrogen-bond donors (Lipinski definition) is 2. The molecule has 2 N–H and O–H groups in total. The number of aliphatic carboxylic acids is 1. The number of nitrogens with one attached hydrogen (secondary N) is 1. The van der Waals surface area contributed by atoms with Crippen LogP contribution in [0, 0.1) is 0 Å². The van der Waals surface area contributed by atoms with E-state index in [9.17, 15) is 19.5 Å². The molecule has 0 saturated heterocycles. The molecule has 3 aromatic carbocycles. The molecular formula is C25H22N2O4. The zero-order valence-corrected chi connectivity index (χ0v) is 16.8. The van der Waals surface area contributed by atoms with Gasteiger partial charge >= 0.3 is 5.97 Å². The quantitative estimate of drug-likeness (QED) is 0.644. The van der Waals surface area contributed by atoms with E-state index < -0.39 is 17.9 Å². The van der Waals surface area contributed by atoms with Crippen LogP contribution in [0.15, 0.2) is 84.9 Å². The van der Waals surface area contributed by atoms with Gasteiger partial charge in [-0.3, -0.25) is 9.59 Å². The van der Waals surface area contributed by atoms with Crippen molar-refractivity contribution in [3.8, 4) is 0 Å². The van der Waals surface area contributed by atoms with Crippen LogP contribution in [0.4, 0.5) is 5.69 Å². The van der Waals surface area contributed by atoms with Crippen LogP contribution in [0.3, 0.4) is 0 Å². The number of carbonyl (C=O) groups is 3. The van der Waals surface area contributed by atoms with E-state index in [1.807, 2.05) is 42.5 Å². The Morgan fingerprint density at radius 3 is 2.10 bits per heavy atom. The summed E-state index contributed by atoms with van der Waals surface area (Å²) in [7, 11) is 0. The normalized spacial score (nSPS) is 15.7. The lowest BCUT2D eigenvalue weighted by molar-refractivity contribution is -0.139. The molecule has 0 aromatic heterocycles. The second-order valence-electron chi connectivity index (χ2n) is 7.50. The van der Waals surface area contributed by atoms with Gasteiger partial charge in [0.05, 0.1) is 0 Å². The van der Waals surface area contributed by atoms with Gasteiger partial charge < -0.3 is 15.3 Å². The summed E-state index contributed by atoms with van der Waals surface area (Å²) in [4.78, 5) is 39.2. The number of nitrogens with zero attached hydrogens (tertiary/aromatic N) is 1. The van der Waals surface area contributed by atoms with Gasteiger partial charge in [-0.05, 0) is 42.3 Å². The van der Waals surface area contributed by atoms with Crippen LogP contribution in [0.2, 0.25) is 0 Å². The number of amides is 2. The largest absolute Gasteiger partial charge is 0.480 e. The third-order valence-corrected chi connectivity index (χ3v) is 5.50. The average molecular weight is 414 g/mol. The molecule has 1 aliphatic heterocycles. The fourth-order valence-corrected chi connectivity index (χ4v) is 3.96. The molecule has 1 aliphatic rings. The van der Waals surface area contributed by atoms with Crippen LogP contribution in [-0.2, 0) is 4.79 Å². The molecular weight excluding hydrogens is 392 g/mol. The highest BCUT2D eigenvalue weighted by molar-refractivity contribution is 6.07. The number of para-hydroxylation sites is 1. The van der Waals surface area contributed by atoms with E-state index in [-0.39, 0.29) is 18.2 Å². The summed E-state index contributed by atoms with van der Waals surface area (Å²) in [6.07, 6.45) is 0.184. The molecule has 6 heteroatoms. The lowest BCUT2D eigenvalue weighted by Gasteiger charge is -2.20. The van der Waals surface area contributed by atoms with Crippen molar-refractivity contribution in [3.63, 3.8) is 0 Å². The Balaban J connectivity index is 1.55. The number of rotatable bonds is 6. The summed E-state index contributed by atoms with van der Waals surface area (Å²) in [5.74, 6) is -1.87. The maximum atomic E-state index is 13.1. The van der Waals surface area contributed by atoms with Gasteiger partial charge in [-0.1, -0.05) is 54.6 Å². The smallest absolute Gasteiger partial charge is 0.326 e. The third kappa shape index (κ3) is 4.33. The van der Waals surface area contributed by atoms with Crippen molar-refractivity contribution >= 4 is 23.5 Å². The highest BCUT2D eigenvalue weighted by Crippen LogP contribution is 2.39. The fraction of sp³-hybridized carbons (Fsp3) is 0.160. The van der Waals surface area contributed by atoms with Gasteiger partial charge in [0, 0.05) is 29.3 Å². The highest BCUT2D eigenvalue weighted by Gasteiger charge is 2.35. The van der Waals surface area contributed by atoms with Gasteiger partial charge in [-0.2, -0.15) is 0 Å². The van der Waals surface area contributed by atoms with Gasteiger partial charge in [0.1, 0.15) is 6.04 Å². The lowest BCUT2D eigenvalue weighted by Crippen LogP contribution is -2.42. The molecule has 6 nitrogen and oxygen atoms in total. The number of carboxylic acid groups (broad SMARTS) is 1. The summed E-state index contributed by atoms with van der Waals surface area (Å²) >= 11 is 0. The molecule has 2 amide bonds. The monoisotopic (exact) mass is 414 g/mol. The number of benzene rings is 3. The summed E-state index contributed by atoms with van der Waals surface area (Å²) < 4.78 is 0. The Labute approximate surface area is 180 Å². The predicted octanol–water partition coefficient (Wildman–Crippen LogP) is 3.70. The van der Waals surface area contributed by atoms with E-state index in [0.717, 1.165) is 11.3 Å². The molecule has 0 saturated carbocycles. The highest BCUT2D eigenvalue weighted by atomic mass is 16.4. The molecule has 2 atom stereocenters. The summed E-state index contributed by atoms with van der Waals surface area (Å²) in [6, 6.07) is 24.0. The Hall–Kier alpha value is -3.93. The molecule has 0 spiro atoms. The predicted molar refractivity (Wildman–Crippen MR) is 117 cm³/mol. The molecule has 0 fully saturated rings. The number of carboxylic acids is 1. The second-order valence-corrected chi connectivity index (χ2v) is 7.50. The van der Waals surface area contributed by atoms with Crippen molar-refractivity contribution in [1.29, 1.82) is 0 Å². The number of hydrogen-bond acceptors (Lipinski definition) is 3. The maximum Gasteiger partial charge on any atom is 0.326 e. The SMILES string of the molecule is O=C(N[C@@H](CC1CN(C(=O)c2ccccc2)c2ccccc21)C(=O)O)c1ccccc1. The summed E-state index contributed by atoms with van der Waals surface area (Å²) in [5, 5.41) is 12.4. The number of carbonyl (C=O) groups excluding carboxylic acids is 2. The van der Waals surface area contributed by atoms with Crippen molar-refractivity contribution in [2.75, 3.05) is 11.4 Å². The Kier molecular flexibility index (Phi) is 5.80. The standard InChI is InChI=1S/C25H22N2O4/c28-23(17-9-3-1-4-10-17)26-21(25(30)31)15-19-16-27(22-14-8-7-13-20(19)22)24(29)18-11-5-2-6-12-18/h1-14,19,21H,15-16H2,(H,26,28)(H,30,31)/t19?,21-/m0/s1. The van der Waals surface area contributed by atoms with E-state index >= 15 is 0 Å². The van der Waals surface area contributed by atoms with Crippen LogP contribution in [-0.4, -0.2) is 35.5 Å². The van der Waals surface area contributed by atoms with Crippen molar-refractivity contribution < 1.29 is 19.5 Å². The van der Waals surface area contributed by atoms with E-state index in [2.05, 4.69) is 5.32 Å². The van der Waals surface area contributed by atoms with Crippen LogP contribution in [0.25, 0.3) is 0 Å². The minimum Gasteiger partial charge on any atom is -0.480 e. The summed E-state index contributed by atoms with van der Waals surface area (Å²) in [5.41, 5.74) is 2.67. The Morgan fingerprint density at radius 1 is 0.871 bits per heavy atom. The van der Waals surface area contributed by atoms with Crippen LogP contribution >= 0.6 is 0 Å². The molecule has 1 unspecified atom stereocenters. The van der Waals surface area contributed by atoms with Crippen LogP contribution in [0.1, 0.15) is 38.6 Å². The first-order chi connectivity index (χ1) is 15.0. The molecule has 156 valence electrons. The lowest BCUT2D eigenvalue weighted by atomic mass is 9.93. The van der Waals surface area contributed by atoms with E-state index in [0.29, 0.717) is 17.7 Å². The van der Waals surface area contributed by atoms with Gasteiger partial charge in [0.15, 0.2) is 0 Å². The minimum absolute atomic E-state index is 0.129. The van der Waals surface area contributed by atoms with Crippen molar-refractivity contribution in [2.45, 2.75) is 18.4 Å². The molecule has 0 bridgehead atoms. The molecule has 4 rings (SSSR count). The van der Waals surface area contributed by atoms with Crippen LogP contribution < -0.4 is 10.2 Å². The topological polar surface area (TPSA) is 86.7 Å². The third-order valence-electron chi connectivity index (χ3n) is 5.50. The van der Waals surface area contributed by atoms with Gasteiger partial charge in [-0.25, -0.2) is 4.79 Å². The van der Waals surface area contributed by atoms with E-state index in [1.54, 1.807) is 47.4 Å². The first-order valence-electron chi connectivity index (χ1n) is 10.1. The van der Waals surface area contributed by atoms with Gasteiger partial charge in [0.2, 0.25) is 0 Å². The Morgan fingerprint density at radius 2 is 1.45 bits per heavy atom. The van der Waals surface area contributed by atoms with Crippen LogP contribution in [0.5, 0.6) is 0 Å². The van der Waals surface area contributed by atoms with Crippen molar-refractivity contribution in [3.05, 3.63) is 102 Å².